The molecule has 0 spiro atoms. The van der Waals surface area contributed by atoms with E-state index in [1.165, 1.54) is 39.2 Å². The number of esters is 1. The Morgan fingerprint density at radius 2 is 1.78 bits per heavy atom. The number of methoxy groups -OCH3 is 1. The van der Waals surface area contributed by atoms with E-state index in [1.807, 2.05) is 12.1 Å². The van der Waals surface area contributed by atoms with Gasteiger partial charge in [0.2, 0.25) is 5.91 Å². The Labute approximate surface area is 219 Å². The fourth-order valence-electron chi connectivity index (χ4n) is 5.22. The number of hydrogen-bond donors (Lipinski definition) is 0. The van der Waals surface area contributed by atoms with Gasteiger partial charge in [-0.2, -0.15) is 0 Å². The molecule has 1 aromatic rings. The van der Waals surface area contributed by atoms with Crippen molar-refractivity contribution in [3.8, 4) is 0 Å². The molecule has 1 aromatic carbocycles. The third-order valence-electron chi connectivity index (χ3n) is 8.54. The molecular formula is C30H47NO4Si. The Morgan fingerprint density at radius 1 is 1.11 bits per heavy atom. The van der Waals surface area contributed by atoms with Gasteiger partial charge >= 0.3 is 5.97 Å². The summed E-state index contributed by atoms with van der Waals surface area (Å²) in [5.41, 5.74) is 1.69. The number of amides is 1. The highest BCUT2D eigenvalue weighted by atomic mass is 28.4. The molecule has 0 aromatic heterocycles. The zero-order chi connectivity index (χ0) is 26.3. The number of nitrogens with zero attached hydrogens (tertiary/aromatic N) is 1. The minimum absolute atomic E-state index is 0.159. The minimum Gasteiger partial charge on any atom is -0.465 e. The molecule has 6 heteroatoms. The van der Waals surface area contributed by atoms with Crippen molar-refractivity contribution in [2.24, 2.45) is 5.92 Å². The lowest BCUT2D eigenvalue weighted by Crippen LogP contribution is -2.47. The maximum absolute atomic E-state index is 12.8. The summed E-state index contributed by atoms with van der Waals surface area (Å²) in [5, 5.41) is 0.184. The molecule has 5 nitrogen and oxygen atoms in total. The molecule has 0 unspecified atom stereocenters. The summed E-state index contributed by atoms with van der Waals surface area (Å²) < 4.78 is 11.8. The summed E-state index contributed by atoms with van der Waals surface area (Å²) in [6.45, 7) is 12.4. The molecule has 2 atom stereocenters. The van der Waals surface area contributed by atoms with Crippen molar-refractivity contribution in [3.63, 3.8) is 0 Å². The van der Waals surface area contributed by atoms with Crippen molar-refractivity contribution in [1.29, 1.82) is 0 Å². The molecule has 1 aliphatic carbocycles. The van der Waals surface area contributed by atoms with E-state index in [2.05, 4.69) is 50.9 Å². The maximum Gasteiger partial charge on any atom is 0.337 e. The Morgan fingerprint density at radius 3 is 2.39 bits per heavy atom. The molecule has 3 rings (SSSR count). The number of carbonyl (C=O) groups is 2. The van der Waals surface area contributed by atoms with Gasteiger partial charge in [-0.15, -0.1) is 0 Å². The van der Waals surface area contributed by atoms with Gasteiger partial charge < -0.3 is 14.1 Å². The molecule has 36 heavy (non-hydrogen) atoms. The SMILES string of the molecule is COC(=O)c1ccc(C/C=C/[C@H]2CCC(=O)N2CC[C@@H](O[Si](C)(C)C(C)(C)C)C2CCCCC2)cc1. The van der Waals surface area contributed by atoms with Crippen LogP contribution in [0.4, 0.5) is 0 Å². The van der Waals surface area contributed by atoms with Crippen LogP contribution in [-0.4, -0.2) is 50.9 Å². The Kier molecular flexibility index (Phi) is 9.99. The summed E-state index contributed by atoms with van der Waals surface area (Å²) in [7, 11) is -0.488. The Bertz CT molecular complexity index is 897. The lowest BCUT2D eigenvalue weighted by molar-refractivity contribution is -0.128. The molecule has 1 amide bonds. The second-order valence-corrected chi connectivity index (χ2v) is 16.9. The molecule has 0 bridgehead atoms. The highest BCUT2D eigenvalue weighted by Gasteiger charge is 2.41. The first-order valence-corrected chi connectivity index (χ1v) is 16.7. The van der Waals surface area contributed by atoms with Gasteiger partial charge in [-0.05, 0) is 73.9 Å². The molecule has 2 fully saturated rings. The second kappa shape index (κ2) is 12.5. The lowest BCUT2D eigenvalue weighted by Gasteiger charge is -2.43. The number of allylic oxidation sites excluding steroid dienone is 1. The predicted octanol–water partition coefficient (Wildman–Crippen LogP) is 6.92. The number of hydrogen-bond acceptors (Lipinski definition) is 4. The van der Waals surface area contributed by atoms with E-state index < -0.39 is 8.32 Å². The van der Waals surface area contributed by atoms with Crippen LogP contribution >= 0.6 is 0 Å². The van der Waals surface area contributed by atoms with Crippen molar-refractivity contribution in [2.75, 3.05) is 13.7 Å². The summed E-state index contributed by atoms with van der Waals surface area (Å²) in [4.78, 5) is 26.5. The maximum atomic E-state index is 12.8. The quantitative estimate of drug-likeness (QED) is 0.193. The lowest BCUT2D eigenvalue weighted by atomic mass is 9.84. The van der Waals surface area contributed by atoms with Crippen LogP contribution in [0.25, 0.3) is 0 Å². The highest BCUT2D eigenvalue weighted by molar-refractivity contribution is 6.74. The average Bonchev–Trinajstić information content (AvgIpc) is 3.20. The van der Waals surface area contributed by atoms with Crippen LogP contribution in [-0.2, 0) is 20.4 Å². The van der Waals surface area contributed by atoms with Crippen LogP contribution in [0.15, 0.2) is 36.4 Å². The summed E-state index contributed by atoms with van der Waals surface area (Å²) in [5.74, 6) is 0.565. The smallest absolute Gasteiger partial charge is 0.337 e. The number of likely N-dealkylation sites (tertiary alicyclic amines) is 1. The van der Waals surface area contributed by atoms with Crippen molar-refractivity contribution >= 4 is 20.2 Å². The molecule has 0 N–H and O–H groups in total. The molecule has 0 radical (unpaired) electrons. The van der Waals surface area contributed by atoms with E-state index in [0.29, 0.717) is 17.9 Å². The molecule has 2 aliphatic rings. The van der Waals surface area contributed by atoms with E-state index in [0.717, 1.165) is 31.4 Å². The van der Waals surface area contributed by atoms with Gasteiger partial charge in [0.15, 0.2) is 8.32 Å². The zero-order valence-electron chi connectivity index (χ0n) is 23.3. The third-order valence-corrected chi connectivity index (χ3v) is 13.0. The number of benzene rings is 1. The first-order chi connectivity index (χ1) is 17.0. The van der Waals surface area contributed by atoms with E-state index in [-0.39, 0.29) is 29.1 Å². The summed E-state index contributed by atoms with van der Waals surface area (Å²) in [6.07, 6.45) is 14.3. The molecule has 1 aliphatic heterocycles. The van der Waals surface area contributed by atoms with Crippen LogP contribution in [0.2, 0.25) is 18.1 Å². The number of rotatable bonds is 10. The molecule has 200 valence electrons. The van der Waals surface area contributed by atoms with E-state index in [9.17, 15) is 9.59 Å². The molecule has 1 heterocycles. The van der Waals surface area contributed by atoms with Crippen LogP contribution in [0.3, 0.4) is 0 Å². The Hall–Kier alpha value is -1.92. The largest absolute Gasteiger partial charge is 0.465 e. The molecule has 1 saturated heterocycles. The monoisotopic (exact) mass is 513 g/mol. The zero-order valence-corrected chi connectivity index (χ0v) is 24.3. The normalized spacial score (nSPS) is 20.8. The summed E-state index contributed by atoms with van der Waals surface area (Å²) >= 11 is 0. The predicted molar refractivity (Wildman–Crippen MR) is 149 cm³/mol. The van der Waals surface area contributed by atoms with Gasteiger partial charge in [0.1, 0.15) is 0 Å². The van der Waals surface area contributed by atoms with Gasteiger partial charge in [0.25, 0.3) is 0 Å². The van der Waals surface area contributed by atoms with Crippen molar-refractivity contribution in [2.45, 2.75) is 109 Å². The summed E-state index contributed by atoms with van der Waals surface area (Å²) in [6, 6.07) is 7.68. The topological polar surface area (TPSA) is 55.8 Å². The third kappa shape index (κ3) is 7.55. The van der Waals surface area contributed by atoms with Crippen LogP contribution in [0, 0.1) is 5.92 Å². The first kappa shape index (κ1) is 28.6. The fraction of sp³-hybridized carbons (Fsp3) is 0.667. The van der Waals surface area contributed by atoms with Gasteiger partial charge in [-0.1, -0.05) is 64.3 Å². The number of ether oxygens (including phenoxy) is 1. The second-order valence-electron chi connectivity index (χ2n) is 12.1. The van der Waals surface area contributed by atoms with Crippen LogP contribution in [0.5, 0.6) is 0 Å². The van der Waals surface area contributed by atoms with Crippen molar-refractivity contribution in [1.82, 2.24) is 4.90 Å². The van der Waals surface area contributed by atoms with Gasteiger partial charge in [-0.3, -0.25) is 4.79 Å². The van der Waals surface area contributed by atoms with Gasteiger partial charge in [-0.25, -0.2) is 4.79 Å². The van der Waals surface area contributed by atoms with Crippen LogP contribution in [0.1, 0.15) is 88.1 Å². The molecular weight excluding hydrogens is 466 g/mol. The van der Waals surface area contributed by atoms with Crippen molar-refractivity contribution < 1.29 is 18.8 Å². The minimum atomic E-state index is -1.88. The van der Waals surface area contributed by atoms with Crippen molar-refractivity contribution in [3.05, 3.63) is 47.5 Å². The van der Waals surface area contributed by atoms with E-state index in [1.54, 1.807) is 12.1 Å². The van der Waals surface area contributed by atoms with Crippen LogP contribution < -0.4 is 0 Å². The van der Waals surface area contributed by atoms with E-state index >= 15 is 0 Å². The highest BCUT2D eigenvalue weighted by Crippen LogP contribution is 2.40. The fourth-order valence-corrected chi connectivity index (χ4v) is 6.64. The Balaban J connectivity index is 1.62. The van der Waals surface area contributed by atoms with Gasteiger partial charge in [0, 0.05) is 19.1 Å². The molecule has 1 saturated carbocycles. The number of carbonyl (C=O) groups excluding carboxylic acids is 2. The standard InChI is InChI=1S/C30H47NO4Si/c1-30(2,3)36(5,6)35-27(24-12-8-7-9-13-24)21-22-31-26(19-20-28(31)32)14-10-11-23-15-17-25(18-16-23)29(33)34-4/h10,14-18,24,26-27H,7-9,11-13,19-22H2,1-6H3/b14-10+/t26-,27+/m0/s1. The van der Waals surface area contributed by atoms with Gasteiger partial charge in [0.05, 0.1) is 18.7 Å². The average molecular weight is 514 g/mol. The van der Waals surface area contributed by atoms with E-state index in [4.69, 9.17) is 9.16 Å². The first-order valence-electron chi connectivity index (χ1n) is 13.8.